The zero-order valence-corrected chi connectivity index (χ0v) is 25.3. The van der Waals surface area contributed by atoms with Gasteiger partial charge in [0.05, 0.1) is 0 Å². The van der Waals surface area contributed by atoms with Gasteiger partial charge in [-0.25, -0.2) is 0 Å². The maximum atomic E-state index is 6.24. The molecule has 42 heavy (non-hydrogen) atoms. The predicted molar refractivity (Wildman–Crippen MR) is 186 cm³/mol. The van der Waals surface area contributed by atoms with E-state index in [-0.39, 0.29) is 0 Å². The van der Waals surface area contributed by atoms with Crippen LogP contribution in [0.5, 0.6) is 0 Å². The standard InChI is InChI=1S/C20H27NS.C20H16/c21-20-13-5-12-19(20)17-9-4-7-16(15-17)8-6-14-22-18-10-2-1-3-11-18;1-4-10-17(11-5-1)16-20(18-12-6-2-7-13-18)19-14-8-3-9-15-19/h2,4,6-10,15,18-20H,1,3,5,11-14,21H2;1-16H/b8-6+;. The molecule has 3 atom stereocenters. The van der Waals surface area contributed by atoms with Crippen LogP contribution in [0.25, 0.3) is 17.7 Å². The number of allylic oxidation sites excluding steroid dienone is 1. The van der Waals surface area contributed by atoms with Crippen molar-refractivity contribution in [1.82, 2.24) is 0 Å². The molecule has 4 aromatic carbocycles. The summed E-state index contributed by atoms with van der Waals surface area (Å²) in [5, 5.41) is 0.723. The Hall–Kier alpha value is -3.59. The van der Waals surface area contributed by atoms with Crippen LogP contribution in [0.15, 0.2) is 133 Å². The van der Waals surface area contributed by atoms with Crippen molar-refractivity contribution in [2.45, 2.75) is 55.7 Å². The molecular formula is C40H43NS. The third-order valence-electron chi connectivity index (χ3n) is 8.12. The molecule has 0 radical (unpaired) electrons. The highest BCUT2D eigenvalue weighted by Gasteiger charge is 2.25. The van der Waals surface area contributed by atoms with Crippen LogP contribution in [0.2, 0.25) is 0 Å². The molecule has 2 aliphatic rings. The first-order chi connectivity index (χ1) is 20.8. The fourth-order valence-corrected chi connectivity index (χ4v) is 6.87. The second kappa shape index (κ2) is 16.2. The van der Waals surface area contributed by atoms with E-state index < -0.39 is 0 Å². The van der Waals surface area contributed by atoms with Crippen molar-refractivity contribution in [3.05, 3.63) is 161 Å². The van der Waals surface area contributed by atoms with E-state index in [2.05, 4.69) is 151 Å². The molecule has 0 saturated heterocycles. The number of benzene rings is 4. The second-order valence-corrected chi connectivity index (χ2v) is 12.5. The lowest BCUT2D eigenvalue weighted by molar-refractivity contribution is 0.613. The van der Waals surface area contributed by atoms with E-state index in [9.17, 15) is 0 Å². The normalized spacial score (nSPS) is 19.7. The Kier molecular flexibility index (Phi) is 11.5. The van der Waals surface area contributed by atoms with Crippen LogP contribution in [0.3, 0.4) is 0 Å². The first kappa shape index (κ1) is 29.9. The Labute approximate surface area is 257 Å². The quantitative estimate of drug-likeness (QED) is 0.169. The summed E-state index contributed by atoms with van der Waals surface area (Å²) in [7, 11) is 0. The van der Waals surface area contributed by atoms with Gasteiger partial charge in [0.15, 0.2) is 0 Å². The highest BCUT2D eigenvalue weighted by molar-refractivity contribution is 8.00. The summed E-state index contributed by atoms with van der Waals surface area (Å²) in [4.78, 5) is 0. The van der Waals surface area contributed by atoms with Crippen molar-refractivity contribution in [2.75, 3.05) is 5.75 Å². The molecule has 0 aliphatic heterocycles. The molecular weight excluding hydrogens is 527 g/mol. The fourth-order valence-electron chi connectivity index (χ4n) is 5.86. The molecule has 1 nitrogen and oxygen atoms in total. The van der Waals surface area contributed by atoms with Crippen molar-refractivity contribution in [2.24, 2.45) is 5.73 Å². The van der Waals surface area contributed by atoms with Crippen molar-refractivity contribution < 1.29 is 0 Å². The Morgan fingerprint density at radius 3 is 2.00 bits per heavy atom. The second-order valence-electron chi connectivity index (χ2n) is 11.2. The zero-order chi connectivity index (χ0) is 28.8. The van der Waals surface area contributed by atoms with Crippen molar-refractivity contribution in [3.63, 3.8) is 0 Å². The van der Waals surface area contributed by atoms with E-state index in [0.717, 1.165) is 11.0 Å². The van der Waals surface area contributed by atoms with Gasteiger partial charge in [0.2, 0.25) is 0 Å². The van der Waals surface area contributed by atoms with Crippen LogP contribution in [-0.2, 0) is 0 Å². The number of hydrogen-bond donors (Lipinski definition) is 1. The predicted octanol–water partition coefficient (Wildman–Crippen LogP) is 10.4. The van der Waals surface area contributed by atoms with E-state index in [1.807, 2.05) is 6.07 Å². The minimum atomic E-state index is 0.355. The van der Waals surface area contributed by atoms with Crippen LogP contribution < -0.4 is 5.73 Å². The summed E-state index contributed by atoms with van der Waals surface area (Å²) in [6.07, 6.45) is 19.2. The number of hydrogen-bond acceptors (Lipinski definition) is 2. The molecule has 3 unspecified atom stereocenters. The fraction of sp³-hybridized carbons (Fsp3) is 0.250. The minimum absolute atomic E-state index is 0.355. The lowest BCUT2D eigenvalue weighted by Gasteiger charge is -2.16. The van der Waals surface area contributed by atoms with Gasteiger partial charge in [-0.3, -0.25) is 0 Å². The van der Waals surface area contributed by atoms with Crippen LogP contribution in [0.4, 0.5) is 0 Å². The van der Waals surface area contributed by atoms with Gasteiger partial charge < -0.3 is 5.73 Å². The number of thioether (sulfide) groups is 1. The Bertz CT molecular complexity index is 1400. The van der Waals surface area contributed by atoms with Crippen LogP contribution in [0.1, 0.15) is 72.3 Å². The molecule has 2 heteroatoms. The minimum Gasteiger partial charge on any atom is -0.327 e. The molecule has 0 amide bonds. The Morgan fingerprint density at radius 2 is 1.38 bits per heavy atom. The molecule has 0 heterocycles. The lowest BCUT2D eigenvalue weighted by Crippen LogP contribution is -2.22. The summed E-state index contributed by atoms with van der Waals surface area (Å²) in [6.45, 7) is 0. The first-order valence-corrected chi connectivity index (χ1v) is 16.5. The first-order valence-electron chi connectivity index (χ1n) is 15.4. The van der Waals surface area contributed by atoms with E-state index in [1.165, 1.54) is 71.9 Å². The van der Waals surface area contributed by atoms with Crippen LogP contribution >= 0.6 is 11.8 Å². The zero-order valence-electron chi connectivity index (χ0n) is 24.5. The van der Waals surface area contributed by atoms with E-state index in [1.54, 1.807) is 0 Å². The highest BCUT2D eigenvalue weighted by atomic mass is 32.2. The molecule has 214 valence electrons. The Morgan fingerprint density at radius 1 is 0.714 bits per heavy atom. The van der Waals surface area contributed by atoms with Gasteiger partial charge >= 0.3 is 0 Å². The van der Waals surface area contributed by atoms with Crippen molar-refractivity contribution >= 4 is 29.5 Å². The van der Waals surface area contributed by atoms with Gasteiger partial charge in [0.25, 0.3) is 0 Å². The third-order valence-corrected chi connectivity index (χ3v) is 9.32. The third kappa shape index (κ3) is 8.95. The maximum absolute atomic E-state index is 6.24. The van der Waals surface area contributed by atoms with Crippen molar-refractivity contribution in [3.8, 4) is 0 Å². The smallest absolute Gasteiger partial charge is 0.0230 e. The molecule has 1 fully saturated rings. The molecule has 0 bridgehead atoms. The van der Waals surface area contributed by atoms with Gasteiger partial charge in [-0.15, -0.1) is 0 Å². The summed E-state index contributed by atoms with van der Waals surface area (Å²) in [6, 6.07) is 40.8. The molecule has 0 spiro atoms. The largest absolute Gasteiger partial charge is 0.327 e. The van der Waals surface area contributed by atoms with Gasteiger partial charge in [-0.2, -0.15) is 11.8 Å². The summed E-state index contributed by atoms with van der Waals surface area (Å²) in [5.74, 6) is 1.66. The SMILES string of the molecule is C(=C(c1ccccc1)c1ccccc1)c1ccccc1.NC1CCCC1c1cccc(/C=C/CSC2C=CCCC2)c1. The van der Waals surface area contributed by atoms with E-state index >= 15 is 0 Å². The molecule has 0 aromatic heterocycles. The maximum Gasteiger partial charge on any atom is 0.0230 e. The molecule has 4 aromatic rings. The average molecular weight is 570 g/mol. The van der Waals surface area contributed by atoms with Crippen LogP contribution in [0, 0.1) is 0 Å². The van der Waals surface area contributed by atoms with E-state index in [0.29, 0.717) is 12.0 Å². The van der Waals surface area contributed by atoms with Gasteiger partial charge in [-0.05, 0) is 77.5 Å². The number of rotatable bonds is 8. The number of nitrogens with two attached hydrogens (primary N) is 1. The van der Waals surface area contributed by atoms with Gasteiger partial charge in [0.1, 0.15) is 0 Å². The average Bonchev–Trinajstić information content (AvgIpc) is 3.50. The molecule has 2 N–H and O–H groups in total. The monoisotopic (exact) mass is 569 g/mol. The van der Waals surface area contributed by atoms with E-state index in [4.69, 9.17) is 5.73 Å². The van der Waals surface area contributed by atoms with Crippen molar-refractivity contribution in [1.29, 1.82) is 0 Å². The summed E-state index contributed by atoms with van der Waals surface area (Å²) in [5.41, 5.74) is 13.9. The van der Waals surface area contributed by atoms with Gasteiger partial charge in [0, 0.05) is 17.0 Å². The molecule has 2 aliphatic carbocycles. The Balaban J connectivity index is 0.000000169. The topological polar surface area (TPSA) is 26.0 Å². The van der Waals surface area contributed by atoms with Crippen LogP contribution in [-0.4, -0.2) is 17.0 Å². The summed E-state index contributed by atoms with van der Waals surface area (Å²) < 4.78 is 0. The molecule has 6 rings (SSSR count). The summed E-state index contributed by atoms with van der Waals surface area (Å²) >= 11 is 2.05. The molecule has 1 saturated carbocycles. The highest BCUT2D eigenvalue weighted by Crippen LogP contribution is 2.34. The van der Waals surface area contributed by atoms with Gasteiger partial charge in [-0.1, -0.05) is 146 Å². The lowest BCUT2D eigenvalue weighted by atomic mass is 9.93.